The maximum atomic E-state index is 13.0. The minimum absolute atomic E-state index is 0.295. The van der Waals surface area contributed by atoms with Gasteiger partial charge in [0.1, 0.15) is 23.2 Å². The minimum Gasteiger partial charge on any atom is -0.319 e. The normalized spacial score (nSPS) is 10.7. The SMILES string of the molecule is Cc1nccn1-c1ccc(NC(=O)c2cc(-c3ccc(F)cc3)n[nH]2)cn1. The predicted molar refractivity (Wildman–Crippen MR) is 98.0 cm³/mol. The van der Waals surface area contributed by atoms with Gasteiger partial charge in [-0.3, -0.25) is 14.5 Å². The second kappa shape index (κ2) is 6.83. The van der Waals surface area contributed by atoms with Gasteiger partial charge in [-0.05, 0) is 49.4 Å². The molecule has 1 aromatic carbocycles. The number of hydrogen-bond acceptors (Lipinski definition) is 4. The molecule has 0 radical (unpaired) electrons. The van der Waals surface area contributed by atoms with Crippen LogP contribution < -0.4 is 5.32 Å². The third kappa shape index (κ3) is 3.45. The third-order valence-corrected chi connectivity index (χ3v) is 4.04. The van der Waals surface area contributed by atoms with Crippen LogP contribution in [0.1, 0.15) is 16.3 Å². The summed E-state index contributed by atoms with van der Waals surface area (Å²) in [5, 5.41) is 9.56. The molecule has 4 aromatic rings. The Morgan fingerprint density at radius 3 is 2.63 bits per heavy atom. The van der Waals surface area contributed by atoms with Crippen LogP contribution >= 0.6 is 0 Å². The average Bonchev–Trinajstić information content (AvgIpc) is 3.32. The molecule has 0 bridgehead atoms. The number of halogens is 1. The Morgan fingerprint density at radius 2 is 1.96 bits per heavy atom. The van der Waals surface area contributed by atoms with Crippen LogP contribution in [0, 0.1) is 12.7 Å². The van der Waals surface area contributed by atoms with Crippen molar-refractivity contribution in [1.29, 1.82) is 0 Å². The first kappa shape index (κ1) is 16.6. The number of carbonyl (C=O) groups excluding carboxylic acids is 1. The first-order chi connectivity index (χ1) is 13.1. The number of aryl methyl sites for hydroxylation is 1. The molecular formula is C19H15FN6O. The summed E-state index contributed by atoms with van der Waals surface area (Å²) in [6.07, 6.45) is 5.09. The number of H-pyrrole nitrogens is 1. The second-order valence-electron chi connectivity index (χ2n) is 5.88. The van der Waals surface area contributed by atoms with Gasteiger partial charge in [0.15, 0.2) is 0 Å². The van der Waals surface area contributed by atoms with Crippen LogP contribution in [0.4, 0.5) is 10.1 Å². The Hall–Kier alpha value is -3.81. The summed E-state index contributed by atoms with van der Waals surface area (Å²) in [6, 6.07) is 11.1. The van der Waals surface area contributed by atoms with Gasteiger partial charge in [0.2, 0.25) is 0 Å². The molecule has 0 aliphatic heterocycles. The van der Waals surface area contributed by atoms with E-state index in [0.29, 0.717) is 28.5 Å². The Morgan fingerprint density at radius 1 is 1.15 bits per heavy atom. The molecule has 2 N–H and O–H groups in total. The Kier molecular flexibility index (Phi) is 4.21. The molecule has 4 rings (SSSR count). The number of amides is 1. The van der Waals surface area contributed by atoms with Gasteiger partial charge in [0.25, 0.3) is 5.91 Å². The highest BCUT2D eigenvalue weighted by Crippen LogP contribution is 2.19. The van der Waals surface area contributed by atoms with Gasteiger partial charge in [0, 0.05) is 18.0 Å². The van der Waals surface area contributed by atoms with E-state index in [1.807, 2.05) is 17.7 Å². The van der Waals surface area contributed by atoms with E-state index >= 15 is 0 Å². The summed E-state index contributed by atoms with van der Waals surface area (Å²) in [4.78, 5) is 20.9. The van der Waals surface area contributed by atoms with Crippen LogP contribution in [0.5, 0.6) is 0 Å². The zero-order valence-corrected chi connectivity index (χ0v) is 14.3. The van der Waals surface area contributed by atoms with Crippen molar-refractivity contribution in [2.45, 2.75) is 6.92 Å². The van der Waals surface area contributed by atoms with Gasteiger partial charge in [-0.15, -0.1) is 0 Å². The summed E-state index contributed by atoms with van der Waals surface area (Å²) in [5.41, 5.74) is 2.13. The lowest BCUT2D eigenvalue weighted by Gasteiger charge is -2.06. The van der Waals surface area contributed by atoms with Crippen molar-refractivity contribution in [3.63, 3.8) is 0 Å². The number of aromatic nitrogens is 5. The maximum Gasteiger partial charge on any atom is 0.273 e. The molecule has 8 heteroatoms. The summed E-state index contributed by atoms with van der Waals surface area (Å²) in [5.74, 6) is 0.867. The lowest BCUT2D eigenvalue weighted by molar-refractivity contribution is 0.102. The van der Waals surface area contributed by atoms with Crippen LogP contribution in [0.3, 0.4) is 0 Å². The van der Waals surface area contributed by atoms with Crippen LogP contribution in [-0.2, 0) is 0 Å². The lowest BCUT2D eigenvalue weighted by Crippen LogP contribution is -2.12. The van der Waals surface area contributed by atoms with E-state index in [-0.39, 0.29) is 11.7 Å². The second-order valence-corrected chi connectivity index (χ2v) is 5.88. The number of rotatable bonds is 4. The van der Waals surface area contributed by atoms with E-state index < -0.39 is 0 Å². The largest absolute Gasteiger partial charge is 0.319 e. The standard InChI is InChI=1S/C19H15FN6O/c1-12-21-8-9-26(12)18-7-6-15(11-22-18)23-19(27)17-10-16(24-25-17)13-2-4-14(20)5-3-13/h2-11H,1H3,(H,23,27)(H,24,25). The number of nitrogens with one attached hydrogen (secondary N) is 2. The number of carbonyl (C=O) groups is 1. The summed E-state index contributed by atoms with van der Waals surface area (Å²) in [7, 11) is 0. The number of hydrogen-bond donors (Lipinski definition) is 2. The molecule has 0 fully saturated rings. The van der Waals surface area contributed by atoms with Crippen LogP contribution in [0.25, 0.3) is 17.1 Å². The molecule has 1 amide bonds. The molecule has 0 saturated heterocycles. The van der Waals surface area contributed by atoms with Crippen molar-refractivity contribution >= 4 is 11.6 Å². The van der Waals surface area contributed by atoms with Gasteiger partial charge < -0.3 is 5.32 Å². The summed E-state index contributed by atoms with van der Waals surface area (Å²) in [6.45, 7) is 1.88. The third-order valence-electron chi connectivity index (χ3n) is 4.04. The number of pyridine rings is 1. The quantitative estimate of drug-likeness (QED) is 0.583. The monoisotopic (exact) mass is 362 g/mol. The molecule has 0 saturated carbocycles. The highest BCUT2D eigenvalue weighted by atomic mass is 19.1. The van der Waals surface area contributed by atoms with E-state index in [4.69, 9.17) is 0 Å². The maximum absolute atomic E-state index is 13.0. The molecule has 7 nitrogen and oxygen atoms in total. The van der Waals surface area contributed by atoms with E-state index in [2.05, 4.69) is 25.5 Å². The van der Waals surface area contributed by atoms with Crippen LogP contribution in [0.15, 0.2) is 61.1 Å². The molecule has 0 spiro atoms. The van der Waals surface area contributed by atoms with Crippen molar-refractivity contribution in [1.82, 2.24) is 24.7 Å². The molecular weight excluding hydrogens is 347 g/mol. The van der Waals surface area contributed by atoms with Crippen molar-refractivity contribution in [2.75, 3.05) is 5.32 Å². The van der Waals surface area contributed by atoms with Crippen molar-refractivity contribution in [2.24, 2.45) is 0 Å². The minimum atomic E-state index is -0.343. The number of aromatic amines is 1. The molecule has 3 heterocycles. The van der Waals surface area contributed by atoms with Gasteiger partial charge in [-0.2, -0.15) is 5.10 Å². The molecule has 0 aliphatic rings. The summed E-state index contributed by atoms with van der Waals surface area (Å²) >= 11 is 0. The first-order valence-electron chi connectivity index (χ1n) is 8.19. The van der Waals surface area contributed by atoms with Crippen LogP contribution in [0.2, 0.25) is 0 Å². The van der Waals surface area contributed by atoms with Gasteiger partial charge >= 0.3 is 0 Å². The van der Waals surface area contributed by atoms with Crippen molar-refractivity contribution in [3.8, 4) is 17.1 Å². The lowest BCUT2D eigenvalue weighted by atomic mass is 10.1. The average molecular weight is 362 g/mol. The first-order valence-corrected chi connectivity index (χ1v) is 8.19. The van der Waals surface area contributed by atoms with E-state index in [0.717, 1.165) is 5.82 Å². The van der Waals surface area contributed by atoms with Crippen molar-refractivity contribution < 1.29 is 9.18 Å². The number of anilines is 1. The fourth-order valence-electron chi connectivity index (χ4n) is 2.63. The summed E-state index contributed by atoms with van der Waals surface area (Å²) < 4.78 is 14.9. The molecule has 3 aromatic heterocycles. The number of benzene rings is 1. The van der Waals surface area contributed by atoms with Gasteiger partial charge in [-0.1, -0.05) is 0 Å². The van der Waals surface area contributed by atoms with E-state index in [1.54, 1.807) is 42.7 Å². The molecule has 134 valence electrons. The van der Waals surface area contributed by atoms with E-state index in [9.17, 15) is 9.18 Å². The predicted octanol–water partition coefficient (Wildman–Crippen LogP) is 3.36. The van der Waals surface area contributed by atoms with E-state index in [1.165, 1.54) is 12.1 Å². The van der Waals surface area contributed by atoms with Gasteiger partial charge in [0.05, 0.1) is 17.6 Å². The Labute approximate surface area is 153 Å². The Bertz CT molecular complexity index is 1080. The van der Waals surface area contributed by atoms with Gasteiger partial charge in [-0.25, -0.2) is 14.4 Å². The topological polar surface area (TPSA) is 88.5 Å². The fourth-order valence-corrected chi connectivity index (χ4v) is 2.63. The molecule has 27 heavy (non-hydrogen) atoms. The highest BCUT2D eigenvalue weighted by Gasteiger charge is 2.12. The van der Waals surface area contributed by atoms with Crippen molar-refractivity contribution in [3.05, 3.63) is 78.4 Å². The number of nitrogens with zero attached hydrogens (tertiary/aromatic N) is 4. The highest BCUT2D eigenvalue weighted by molar-refractivity contribution is 6.03. The zero-order valence-electron chi connectivity index (χ0n) is 14.3. The van der Waals surface area contributed by atoms with Crippen LogP contribution in [-0.4, -0.2) is 30.6 Å². The molecule has 0 aliphatic carbocycles. The smallest absolute Gasteiger partial charge is 0.273 e. The zero-order chi connectivity index (χ0) is 18.8. The Balaban J connectivity index is 1.48. The molecule has 0 atom stereocenters. The number of imidazole rings is 1. The fraction of sp³-hybridized carbons (Fsp3) is 0.0526. The molecule has 0 unspecified atom stereocenters.